The summed E-state index contributed by atoms with van der Waals surface area (Å²) in [7, 11) is -3.61. The molecule has 6 heteroatoms. The van der Waals surface area contributed by atoms with Crippen LogP contribution in [-0.2, 0) is 23.0 Å². The fraction of sp³-hybridized carbons (Fsp3) is 0.267. The van der Waals surface area contributed by atoms with Crippen LogP contribution in [0.15, 0.2) is 41.3 Å². The van der Waals surface area contributed by atoms with Crippen molar-refractivity contribution in [2.24, 2.45) is 0 Å². The van der Waals surface area contributed by atoms with E-state index in [1.165, 1.54) is 6.07 Å². The second-order valence-electron chi connectivity index (χ2n) is 4.82. The number of aryl methyl sites for hydroxylation is 2. The van der Waals surface area contributed by atoms with Crippen LogP contribution in [0.2, 0.25) is 0 Å². The number of hydrogen-bond donors (Lipinski definition) is 2. The quantitative estimate of drug-likeness (QED) is 0.828. The van der Waals surface area contributed by atoms with Crippen molar-refractivity contribution in [3.05, 3.63) is 53.3 Å². The predicted molar refractivity (Wildman–Crippen MR) is 83.2 cm³/mol. The third kappa shape index (κ3) is 3.80. The van der Waals surface area contributed by atoms with E-state index >= 15 is 0 Å². The largest absolute Gasteiger partial charge is 0.399 e. The summed E-state index contributed by atoms with van der Waals surface area (Å²) in [5.41, 5.74) is 8.41. The molecule has 112 valence electrons. The molecular weight excluding hydrogens is 286 g/mol. The Morgan fingerprint density at radius 1 is 1.24 bits per heavy atom. The molecule has 0 saturated heterocycles. The highest BCUT2D eigenvalue weighted by Gasteiger charge is 2.18. The number of hydrogen-bond acceptors (Lipinski definition) is 4. The van der Waals surface area contributed by atoms with Gasteiger partial charge >= 0.3 is 0 Å². The summed E-state index contributed by atoms with van der Waals surface area (Å²) in [4.78, 5) is 4.51. The van der Waals surface area contributed by atoms with Crippen molar-refractivity contribution in [1.82, 2.24) is 9.71 Å². The smallest absolute Gasteiger partial charge is 0.241 e. The van der Waals surface area contributed by atoms with Crippen molar-refractivity contribution in [3.63, 3.8) is 0 Å². The molecular formula is C15H19N3O2S. The molecule has 1 heterocycles. The lowest BCUT2D eigenvalue weighted by molar-refractivity contribution is 0.579. The molecule has 0 fully saturated rings. The topological polar surface area (TPSA) is 85.1 Å². The van der Waals surface area contributed by atoms with E-state index in [-0.39, 0.29) is 11.4 Å². The average Bonchev–Trinajstić information content (AvgIpc) is 2.45. The number of rotatable bonds is 5. The highest BCUT2D eigenvalue weighted by molar-refractivity contribution is 7.89. The Morgan fingerprint density at radius 3 is 2.67 bits per heavy atom. The first-order valence-electron chi connectivity index (χ1n) is 6.73. The normalized spacial score (nSPS) is 11.5. The molecule has 2 rings (SSSR count). The molecule has 1 aromatic carbocycles. The van der Waals surface area contributed by atoms with Gasteiger partial charge in [0, 0.05) is 11.4 Å². The molecule has 0 amide bonds. The summed E-state index contributed by atoms with van der Waals surface area (Å²) in [5, 5.41) is 0. The van der Waals surface area contributed by atoms with Gasteiger partial charge in [-0.1, -0.05) is 19.1 Å². The van der Waals surface area contributed by atoms with Gasteiger partial charge in [-0.05, 0) is 43.2 Å². The van der Waals surface area contributed by atoms with Crippen molar-refractivity contribution in [2.75, 3.05) is 5.73 Å². The number of benzene rings is 1. The molecule has 0 spiro atoms. The molecule has 0 unspecified atom stereocenters. The van der Waals surface area contributed by atoms with Crippen molar-refractivity contribution in [1.29, 1.82) is 0 Å². The Kier molecular flexibility index (Phi) is 4.59. The third-order valence-corrected chi connectivity index (χ3v) is 4.63. The van der Waals surface area contributed by atoms with Crippen LogP contribution in [0.4, 0.5) is 5.69 Å². The Hall–Kier alpha value is -1.92. The van der Waals surface area contributed by atoms with Crippen LogP contribution in [0, 0.1) is 6.92 Å². The van der Waals surface area contributed by atoms with Crippen LogP contribution < -0.4 is 10.5 Å². The highest BCUT2D eigenvalue weighted by Crippen LogP contribution is 2.19. The third-order valence-electron chi connectivity index (χ3n) is 3.15. The van der Waals surface area contributed by atoms with Gasteiger partial charge in [0.25, 0.3) is 0 Å². The number of nitrogens with two attached hydrogens (primary N) is 1. The zero-order valence-electron chi connectivity index (χ0n) is 12.1. The first-order chi connectivity index (χ1) is 9.92. The van der Waals surface area contributed by atoms with Gasteiger partial charge in [-0.3, -0.25) is 4.98 Å². The zero-order valence-corrected chi connectivity index (χ0v) is 12.9. The van der Waals surface area contributed by atoms with Crippen molar-refractivity contribution < 1.29 is 8.42 Å². The molecule has 0 atom stereocenters. The molecule has 21 heavy (non-hydrogen) atoms. The number of anilines is 1. The van der Waals surface area contributed by atoms with E-state index in [4.69, 9.17) is 5.73 Å². The van der Waals surface area contributed by atoms with Gasteiger partial charge < -0.3 is 5.73 Å². The van der Waals surface area contributed by atoms with Crippen LogP contribution in [0.5, 0.6) is 0 Å². The lowest BCUT2D eigenvalue weighted by atomic mass is 10.1. The zero-order chi connectivity index (χ0) is 15.5. The van der Waals surface area contributed by atoms with Gasteiger partial charge in [0.05, 0.1) is 17.1 Å². The fourth-order valence-electron chi connectivity index (χ4n) is 2.06. The van der Waals surface area contributed by atoms with Crippen LogP contribution >= 0.6 is 0 Å². The minimum absolute atomic E-state index is 0.155. The average molecular weight is 305 g/mol. The van der Waals surface area contributed by atoms with Crippen LogP contribution in [0.25, 0.3) is 0 Å². The Balaban J connectivity index is 2.24. The van der Waals surface area contributed by atoms with Crippen molar-refractivity contribution >= 4 is 15.7 Å². The molecule has 0 bridgehead atoms. The monoisotopic (exact) mass is 305 g/mol. The summed E-state index contributed by atoms with van der Waals surface area (Å²) in [6.45, 7) is 3.93. The first kappa shape index (κ1) is 15.5. The molecule has 0 aliphatic heterocycles. The highest BCUT2D eigenvalue weighted by atomic mass is 32.2. The Bertz CT molecular complexity index is 742. The maximum absolute atomic E-state index is 12.4. The van der Waals surface area contributed by atoms with E-state index in [2.05, 4.69) is 9.71 Å². The van der Waals surface area contributed by atoms with Gasteiger partial charge in [0.1, 0.15) is 0 Å². The summed E-state index contributed by atoms with van der Waals surface area (Å²) in [6.07, 6.45) is 0.624. The lowest BCUT2D eigenvalue weighted by Crippen LogP contribution is -2.25. The number of sulfonamides is 1. The molecule has 5 nitrogen and oxygen atoms in total. The van der Waals surface area contributed by atoms with Crippen LogP contribution in [0.3, 0.4) is 0 Å². The van der Waals surface area contributed by atoms with Gasteiger partial charge in [-0.25, -0.2) is 13.1 Å². The predicted octanol–water partition coefficient (Wildman–Crippen LogP) is 2.01. The molecule has 0 radical (unpaired) electrons. The summed E-state index contributed by atoms with van der Waals surface area (Å²) >= 11 is 0. The Morgan fingerprint density at radius 2 is 2.00 bits per heavy atom. The molecule has 0 aliphatic rings. The van der Waals surface area contributed by atoms with E-state index < -0.39 is 10.0 Å². The van der Waals surface area contributed by atoms with Crippen molar-refractivity contribution in [3.8, 4) is 0 Å². The van der Waals surface area contributed by atoms with Gasteiger partial charge in [0.15, 0.2) is 0 Å². The van der Waals surface area contributed by atoms with Gasteiger partial charge in [-0.2, -0.15) is 0 Å². The van der Waals surface area contributed by atoms with Crippen molar-refractivity contribution in [2.45, 2.75) is 31.7 Å². The van der Waals surface area contributed by atoms with E-state index in [1.54, 1.807) is 18.2 Å². The standard InChI is InChI=1S/C15H19N3O2S/c1-3-12-7-8-13(16)9-15(12)21(19,20)17-10-14-6-4-5-11(2)18-14/h4-9,17H,3,10,16H2,1-2H3. The van der Waals surface area contributed by atoms with E-state index in [0.717, 1.165) is 11.3 Å². The number of nitrogen functional groups attached to an aromatic ring is 1. The second-order valence-corrected chi connectivity index (χ2v) is 6.55. The number of nitrogens with zero attached hydrogens (tertiary/aromatic N) is 1. The van der Waals surface area contributed by atoms with Crippen LogP contribution in [-0.4, -0.2) is 13.4 Å². The minimum Gasteiger partial charge on any atom is -0.399 e. The minimum atomic E-state index is -3.61. The second kappa shape index (κ2) is 6.24. The summed E-state index contributed by atoms with van der Waals surface area (Å²) in [5.74, 6) is 0. The van der Waals surface area contributed by atoms with Gasteiger partial charge in [-0.15, -0.1) is 0 Å². The number of nitrogens with one attached hydrogen (secondary N) is 1. The molecule has 2 aromatic rings. The van der Waals surface area contributed by atoms with Gasteiger partial charge in [0.2, 0.25) is 10.0 Å². The van der Waals surface area contributed by atoms with E-state index in [1.807, 2.05) is 26.0 Å². The number of aromatic nitrogens is 1. The number of pyridine rings is 1. The van der Waals surface area contributed by atoms with Crippen LogP contribution in [0.1, 0.15) is 23.9 Å². The fourth-order valence-corrected chi connectivity index (χ4v) is 3.40. The molecule has 1 aromatic heterocycles. The van der Waals surface area contributed by atoms with E-state index in [0.29, 0.717) is 17.8 Å². The maximum atomic E-state index is 12.4. The summed E-state index contributed by atoms with van der Waals surface area (Å²) < 4.78 is 27.4. The molecule has 0 saturated carbocycles. The first-order valence-corrected chi connectivity index (χ1v) is 8.21. The summed E-state index contributed by atoms with van der Waals surface area (Å²) in [6, 6.07) is 10.4. The molecule has 0 aliphatic carbocycles. The maximum Gasteiger partial charge on any atom is 0.241 e. The Labute approximate surface area is 125 Å². The SMILES string of the molecule is CCc1ccc(N)cc1S(=O)(=O)NCc1cccc(C)n1. The van der Waals surface area contributed by atoms with E-state index in [9.17, 15) is 8.42 Å². The molecule has 3 N–H and O–H groups in total. The lowest BCUT2D eigenvalue weighted by Gasteiger charge is -2.11.